The molecule has 2 heteroatoms. The third-order valence-electron chi connectivity index (χ3n) is 1.34. The quantitative estimate of drug-likeness (QED) is 0.794. The molecule has 0 amide bonds. The zero-order valence-corrected chi connectivity index (χ0v) is 10.1. The summed E-state index contributed by atoms with van der Waals surface area (Å²) >= 11 is -1.88. The van der Waals surface area contributed by atoms with Crippen molar-refractivity contribution in [1.82, 2.24) is 0 Å². The zero-order chi connectivity index (χ0) is 7.33. The van der Waals surface area contributed by atoms with E-state index < -0.39 is 17.4 Å². The number of hydrogen-bond donors (Lipinski definition) is 1. The zero-order valence-electron chi connectivity index (χ0n) is 6.85. The Morgan fingerprint density at radius 1 is 1.22 bits per heavy atom. The second-order valence-corrected chi connectivity index (χ2v) is 17.6. The van der Waals surface area contributed by atoms with Gasteiger partial charge in [0, 0.05) is 0 Å². The van der Waals surface area contributed by atoms with Gasteiger partial charge in [0.25, 0.3) is 0 Å². The van der Waals surface area contributed by atoms with Crippen molar-refractivity contribution in [3.63, 3.8) is 0 Å². The first-order chi connectivity index (χ1) is 4.06. The molecule has 0 unspecified atom stereocenters. The summed E-state index contributed by atoms with van der Waals surface area (Å²) < 4.78 is 7.36. The van der Waals surface area contributed by atoms with Gasteiger partial charge in [0.05, 0.1) is 0 Å². The Kier molecular flexibility index (Phi) is 4.86. The fourth-order valence-electron chi connectivity index (χ4n) is 0.769. The SMILES string of the molecule is CCCC[CH2][Ta]([CH3])([CH3])[NH2]. The number of rotatable bonds is 4. The molecule has 9 heavy (non-hydrogen) atoms. The van der Waals surface area contributed by atoms with Crippen molar-refractivity contribution in [2.24, 2.45) is 4.14 Å². The van der Waals surface area contributed by atoms with Gasteiger partial charge >= 0.3 is 62.6 Å². The first kappa shape index (κ1) is 9.70. The van der Waals surface area contributed by atoms with E-state index in [4.69, 9.17) is 4.14 Å². The summed E-state index contributed by atoms with van der Waals surface area (Å²) in [4.78, 5) is 0. The summed E-state index contributed by atoms with van der Waals surface area (Å²) in [7, 11) is 0. The van der Waals surface area contributed by atoms with E-state index in [1.54, 1.807) is 0 Å². The summed E-state index contributed by atoms with van der Waals surface area (Å²) in [6.07, 6.45) is 4.07. The van der Waals surface area contributed by atoms with E-state index in [-0.39, 0.29) is 0 Å². The first-order valence-electron chi connectivity index (χ1n) is 3.68. The van der Waals surface area contributed by atoms with Crippen LogP contribution in [0.1, 0.15) is 26.2 Å². The minimum absolute atomic E-state index is 1.32. The van der Waals surface area contributed by atoms with Crippen molar-refractivity contribution in [3.05, 3.63) is 0 Å². The molecule has 0 spiro atoms. The molecule has 0 aromatic rings. The van der Waals surface area contributed by atoms with Crippen LogP contribution in [0.5, 0.6) is 0 Å². The molecule has 57 valence electrons. The molecule has 0 bridgehead atoms. The molecule has 0 radical (unpaired) electrons. The van der Waals surface area contributed by atoms with E-state index >= 15 is 0 Å². The van der Waals surface area contributed by atoms with Crippen LogP contribution in [0.4, 0.5) is 0 Å². The van der Waals surface area contributed by atoms with Crippen LogP contribution in [0.15, 0.2) is 0 Å². The van der Waals surface area contributed by atoms with Crippen LogP contribution in [0.25, 0.3) is 0 Å². The molecular formula is C7H19NTa. The fraction of sp³-hybridized carbons (Fsp3) is 1.00. The van der Waals surface area contributed by atoms with Crippen LogP contribution in [0.2, 0.25) is 14.9 Å². The molecule has 0 aromatic carbocycles. The van der Waals surface area contributed by atoms with Gasteiger partial charge in [-0.3, -0.25) is 0 Å². The molecule has 0 aliphatic rings. The Labute approximate surface area is 62.9 Å². The van der Waals surface area contributed by atoms with Crippen molar-refractivity contribution in [3.8, 4) is 0 Å². The van der Waals surface area contributed by atoms with Crippen LogP contribution >= 0.6 is 0 Å². The Hall–Kier alpha value is 0.700. The van der Waals surface area contributed by atoms with Crippen LogP contribution in [-0.4, -0.2) is 0 Å². The molecule has 0 aromatic heterocycles. The maximum absolute atomic E-state index is 5.99. The Morgan fingerprint density at radius 2 is 1.78 bits per heavy atom. The van der Waals surface area contributed by atoms with E-state index in [2.05, 4.69) is 17.2 Å². The molecule has 0 saturated carbocycles. The monoisotopic (exact) mass is 298 g/mol. The minimum atomic E-state index is -1.88. The normalized spacial score (nSPS) is 12.0. The second-order valence-electron chi connectivity index (χ2n) is 3.21. The number of hydrogen-bond acceptors (Lipinski definition) is 1. The van der Waals surface area contributed by atoms with E-state index in [1.807, 2.05) is 0 Å². The molecule has 2 N–H and O–H groups in total. The maximum atomic E-state index is 5.99. The summed E-state index contributed by atoms with van der Waals surface area (Å²) in [5.41, 5.74) is 0. The predicted molar refractivity (Wildman–Crippen MR) is 40.2 cm³/mol. The van der Waals surface area contributed by atoms with E-state index in [9.17, 15) is 0 Å². The van der Waals surface area contributed by atoms with Gasteiger partial charge in [-0.1, -0.05) is 0 Å². The Bertz CT molecular complexity index is 65.8. The fourth-order valence-corrected chi connectivity index (χ4v) is 4.50. The molecule has 0 rings (SSSR count). The molecule has 1 nitrogen and oxygen atoms in total. The summed E-state index contributed by atoms with van der Waals surface area (Å²) in [5.74, 6) is 0. The topological polar surface area (TPSA) is 26.0 Å². The standard InChI is InChI=1S/C5H11.2CH3.H2N.Ta/c1-3-5-4-2;;;;/h1,3-5H2,2H3;2*1H3;1H2;/q;;;-1;+1. The van der Waals surface area contributed by atoms with Gasteiger partial charge in [-0.05, 0) is 0 Å². The van der Waals surface area contributed by atoms with Gasteiger partial charge in [0.1, 0.15) is 0 Å². The van der Waals surface area contributed by atoms with Crippen LogP contribution in [0.3, 0.4) is 0 Å². The van der Waals surface area contributed by atoms with Crippen molar-refractivity contribution < 1.29 is 17.4 Å². The molecule has 0 atom stereocenters. The average Bonchev–Trinajstić information content (AvgIpc) is 1.63. The van der Waals surface area contributed by atoms with Gasteiger partial charge < -0.3 is 0 Å². The van der Waals surface area contributed by atoms with Crippen LogP contribution < -0.4 is 4.14 Å². The van der Waals surface area contributed by atoms with Crippen molar-refractivity contribution in [1.29, 1.82) is 0 Å². The molecule has 0 aliphatic heterocycles. The van der Waals surface area contributed by atoms with Gasteiger partial charge in [-0.2, -0.15) is 0 Å². The van der Waals surface area contributed by atoms with Crippen molar-refractivity contribution in [2.45, 2.75) is 41.1 Å². The van der Waals surface area contributed by atoms with Crippen LogP contribution in [-0.2, 0) is 17.4 Å². The second kappa shape index (κ2) is 4.51. The summed E-state index contributed by atoms with van der Waals surface area (Å²) in [6, 6.07) is 0. The van der Waals surface area contributed by atoms with Gasteiger partial charge in [0.2, 0.25) is 0 Å². The van der Waals surface area contributed by atoms with Gasteiger partial charge in [-0.25, -0.2) is 0 Å². The van der Waals surface area contributed by atoms with Crippen molar-refractivity contribution >= 4 is 0 Å². The molecular weight excluding hydrogens is 279 g/mol. The van der Waals surface area contributed by atoms with Crippen LogP contribution in [0, 0.1) is 0 Å². The summed E-state index contributed by atoms with van der Waals surface area (Å²) in [6.45, 7) is 2.24. The molecule has 0 aliphatic carbocycles. The molecule has 0 fully saturated rings. The molecule has 0 saturated heterocycles. The predicted octanol–water partition coefficient (Wildman–Crippen LogP) is 2.72. The average molecular weight is 298 g/mol. The summed E-state index contributed by atoms with van der Waals surface area (Å²) in [5, 5.41) is 4.60. The third kappa shape index (κ3) is 8.70. The number of unbranched alkanes of at least 4 members (excludes halogenated alkanes) is 2. The van der Waals surface area contributed by atoms with Crippen molar-refractivity contribution in [2.75, 3.05) is 0 Å². The Balaban J connectivity index is 3.07. The first-order valence-corrected chi connectivity index (χ1v) is 14.2. The van der Waals surface area contributed by atoms with E-state index in [1.165, 1.54) is 23.9 Å². The van der Waals surface area contributed by atoms with Gasteiger partial charge in [0.15, 0.2) is 0 Å². The van der Waals surface area contributed by atoms with E-state index in [0.717, 1.165) is 0 Å². The van der Waals surface area contributed by atoms with Gasteiger partial charge in [-0.15, -0.1) is 0 Å². The number of nitrogens with two attached hydrogens (primary N) is 1. The Morgan fingerprint density at radius 3 is 2.11 bits per heavy atom. The third-order valence-corrected chi connectivity index (χ3v) is 6.62. The molecule has 0 heterocycles. The van der Waals surface area contributed by atoms with E-state index in [0.29, 0.717) is 0 Å².